The van der Waals surface area contributed by atoms with E-state index in [9.17, 15) is 5.11 Å². The van der Waals surface area contributed by atoms with Gasteiger partial charge < -0.3 is 9.67 Å². The molecule has 3 aromatic rings. The summed E-state index contributed by atoms with van der Waals surface area (Å²) >= 11 is 5.26. The van der Waals surface area contributed by atoms with Crippen molar-refractivity contribution in [1.82, 2.24) is 14.8 Å². The molecule has 1 aromatic heterocycles. The van der Waals surface area contributed by atoms with Crippen LogP contribution in [-0.2, 0) is 18.6 Å². The van der Waals surface area contributed by atoms with Crippen LogP contribution in [0, 0.1) is 4.77 Å². The minimum absolute atomic E-state index is 0.349. The second kappa shape index (κ2) is 6.48. The average molecular weight is 325 g/mol. The smallest absolute Gasteiger partial charge is 0.195 e. The third kappa shape index (κ3) is 2.98. The Bertz CT molecular complexity index is 785. The van der Waals surface area contributed by atoms with Crippen molar-refractivity contribution in [2.75, 3.05) is 0 Å². The Morgan fingerprint density at radius 2 is 1.57 bits per heavy atom. The van der Waals surface area contributed by atoms with Gasteiger partial charge in [-0.1, -0.05) is 60.7 Å². The number of aliphatic hydroxyl groups is 1. The summed E-state index contributed by atoms with van der Waals surface area (Å²) < 4.78 is 2.48. The van der Waals surface area contributed by atoms with E-state index in [1.807, 2.05) is 72.2 Å². The number of benzene rings is 2. The minimum atomic E-state index is -1.16. The molecule has 5 heteroatoms. The number of hydrogen-bond donors (Lipinski definition) is 2. The van der Waals surface area contributed by atoms with E-state index >= 15 is 0 Å². The second-order valence-corrected chi connectivity index (χ2v) is 5.85. The monoisotopic (exact) mass is 325 g/mol. The highest BCUT2D eigenvalue weighted by atomic mass is 32.1. The zero-order chi connectivity index (χ0) is 16.3. The van der Waals surface area contributed by atoms with Crippen LogP contribution in [0.1, 0.15) is 23.9 Å². The molecule has 0 atom stereocenters. The van der Waals surface area contributed by atoms with E-state index in [0.29, 0.717) is 17.7 Å². The predicted octanol–water partition coefficient (Wildman–Crippen LogP) is 3.44. The molecule has 0 radical (unpaired) electrons. The maximum atomic E-state index is 11.5. The van der Waals surface area contributed by atoms with Crippen LogP contribution in [0.25, 0.3) is 0 Å². The first-order valence-corrected chi connectivity index (χ1v) is 8.03. The lowest BCUT2D eigenvalue weighted by Crippen LogP contribution is -2.31. The number of nitrogens with one attached hydrogen (secondary N) is 1. The summed E-state index contributed by atoms with van der Waals surface area (Å²) in [6.07, 6.45) is 0.349. The highest BCUT2D eigenvalue weighted by Crippen LogP contribution is 2.32. The lowest BCUT2D eigenvalue weighted by Gasteiger charge is -2.29. The summed E-state index contributed by atoms with van der Waals surface area (Å²) in [6.45, 7) is 2.73. The number of nitrogens with zero attached hydrogens (tertiary/aromatic N) is 2. The second-order valence-electron chi connectivity index (χ2n) is 5.46. The topological polar surface area (TPSA) is 53.8 Å². The van der Waals surface area contributed by atoms with Crippen LogP contribution in [0.15, 0.2) is 60.7 Å². The molecule has 2 aromatic carbocycles. The lowest BCUT2D eigenvalue weighted by molar-refractivity contribution is 0.0778. The molecular weight excluding hydrogens is 306 g/mol. The Labute approximate surface area is 140 Å². The highest BCUT2D eigenvalue weighted by molar-refractivity contribution is 7.71. The van der Waals surface area contributed by atoms with Gasteiger partial charge >= 0.3 is 0 Å². The van der Waals surface area contributed by atoms with Crippen molar-refractivity contribution in [3.8, 4) is 0 Å². The van der Waals surface area contributed by atoms with Crippen LogP contribution < -0.4 is 0 Å². The lowest BCUT2D eigenvalue weighted by atomic mass is 9.83. The van der Waals surface area contributed by atoms with E-state index in [0.717, 1.165) is 17.0 Å². The summed E-state index contributed by atoms with van der Waals surface area (Å²) in [7, 11) is 0. The van der Waals surface area contributed by atoms with Gasteiger partial charge in [0.25, 0.3) is 0 Å². The molecule has 0 saturated heterocycles. The van der Waals surface area contributed by atoms with E-state index in [2.05, 4.69) is 10.2 Å². The largest absolute Gasteiger partial charge is 0.380 e. The maximum absolute atomic E-state index is 11.5. The Hall–Kier alpha value is -2.24. The standard InChI is InChI=1S/C18H19N3OS/c1-2-21-16(19-20-17(21)23)13-18(22,14-9-5-3-6-10-14)15-11-7-4-8-12-15/h3-12,22H,2,13H2,1H3,(H,20,23). The Kier molecular flexibility index (Phi) is 4.41. The van der Waals surface area contributed by atoms with Gasteiger partial charge in [-0.25, -0.2) is 0 Å². The molecule has 0 amide bonds. The fourth-order valence-electron chi connectivity index (χ4n) is 2.84. The van der Waals surface area contributed by atoms with Gasteiger partial charge in [-0.2, -0.15) is 5.10 Å². The van der Waals surface area contributed by atoms with Crippen molar-refractivity contribution >= 4 is 12.2 Å². The van der Waals surface area contributed by atoms with Gasteiger partial charge in [0, 0.05) is 13.0 Å². The molecule has 0 unspecified atom stereocenters. The third-order valence-electron chi connectivity index (χ3n) is 4.07. The number of aromatic amines is 1. The van der Waals surface area contributed by atoms with Crippen molar-refractivity contribution in [2.24, 2.45) is 0 Å². The molecule has 0 spiro atoms. The van der Waals surface area contributed by atoms with Crippen LogP contribution in [0.4, 0.5) is 0 Å². The summed E-state index contributed by atoms with van der Waals surface area (Å²) in [5.74, 6) is 0.743. The molecule has 0 bridgehead atoms. The summed E-state index contributed by atoms with van der Waals surface area (Å²) in [6, 6.07) is 19.3. The maximum Gasteiger partial charge on any atom is 0.195 e. The zero-order valence-electron chi connectivity index (χ0n) is 12.9. The molecule has 3 rings (SSSR count). The number of rotatable bonds is 5. The molecule has 0 fully saturated rings. The zero-order valence-corrected chi connectivity index (χ0v) is 13.8. The molecule has 23 heavy (non-hydrogen) atoms. The molecule has 0 aliphatic rings. The molecule has 118 valence electrons. The first kappa shape index (κ1) is 15.6. The van der Waals surface area contributed by atoms with Gasteiger partial charge in [-0.15, -0.1) is 0 Å². The molecule has 4 nitrogen and oxygen atoms in total. The van der Waals surface area contributed by atoms with Crippen molar-refractivity contribution in [3.63, 3.8) is 0 Å². The predicted molar refractivity (Wildman–Crippen MR) is 92.7 cm³/mol. The Morgan fingerprint density at radius 1 is 1.04 bits per heavy atom. The number of H-pyrrole nitrogens is 1. The van der Waals surface area contributed by atoms with Crippen molar-refractivity contribution in [1.29, 1.82) is 0 Å². The molecular formula is C18H19N3OS. The summed E-state index contributed by atoms with van der Waals surface area (Å²) in [4.78, 5) is 0. The van der Waals surface area contributed by atoms with Gasteiger partial charge in [0.15, 0.2) is 4.77 Å². The fraction of sp³-hybridized carbons (Fsp3) is 0.222. The van der Waals surface area contributed by atoms with Crippen molar-refractivity contribution in [2.45, 2.75) is 25.5 Å². The number of hydrogen-bond acceptors (Lipinski definition) is 3. The van der Waals surface area contributed by atoms with Crippen molar-refractivity contribution in [3.05, 3.63) is 82.4 Å². The van der Waals surface area contributed by atoms with Crippen molar-refractivity contribution < 1.29 is 5.11 Å². The molecule has 1 heterocycles. The molecule has 0 aliphatic heterocycles. The van der Waals surface area contributed by atoms with Gasteiger partial charge in [-0.3, -0.25) is 5.10 Å². The quantitative estimate of drug-likeness (QED) is 0.707. The van der Waals surface area contributed by atoms with Crippen LogP contribution in [-0.4, -0.2) is 19.9 Å². The van der Waals surface area contributed by atoms with E-state index in [1.165, 1.54) is 0 Å². The molecule has 2 N–H and O–H groups in total. The normalized spacial score (nSPS) is 11.6. The van der Waals surface area contributed by atoms with Gasteiger partial charge in [-0.05, 0) is 30.3 Å². The van der Waals surface area contributed by atoms with Crippen LogP contribution >= 0.6 is 12.2 Å². The van der Waals surface area contributed by atoms with E-state index in [-0.39, 0.29) is 0 Å². The van der Waals surface area contributed by atoms with Crippen LogP contribution in [0.5, 0.6) is 0 Å². The van der Waals surface area contributed by atoms with E-state index < -0.39 is 5.60 Å². The molecule has 0 aliphatic carbocycles. The molecule has 0 saturated carbocycles. The first-order chi connectivity index (χ1) is 11.1. The Balaban J connectivity index is 2.11. The van der Waals surface area contributed by atoms with Gasteiger partial charge in [0.2, 0.25) is 0 Å². The first-order valence-electron chi connectivity index (χ1n) is 7.62. The van der Waals surface area contributed by atoms with Gasteiger partial charge in [0.05, 0.1) is 0 Å². The average Bonchev–Trinajstić information content (AvgIpc) is 2.95. The number of aromatic nitrogens is 3. The fourth-order valence-corrected chi connectivity index (χ4v) is 3.12. The van der Waals surface area contributed by atoms with E-state index in [4.69, 9.17) is 12.2 Å². The highest BCUT2D eigenvalue weighted by Gasteiger charge is 2.33. The van der Waals surface area contributed by atoms with Crippen LogP contribution in [0.3, 0.4) is 0 Å². The summed E-state index contributed by atoms with van der Waals surface area (Å²) in [5, 5.41) is 18.7. The van der Waals surface area contributed by atoms with E-state index in [1.54, 1.807) is 0 Å². The summed E-state index contributed by atoms with van der Waals surface area (Å²) in [5.41, 5.74) is 0.515. The van der Waals surface area contributed by atoms with Gasteiger partial charge in [0.1, 0.15) is 11.4 Å². The third-order valence-corrected chi connectivity index (χ3v) is 4.38. The van der Waals surface area contributed by atoms with Crippen LogP contribution in [0.2, 0.25) is 0 Å². The minimum Gasteiger partial charge on any atom is -0.380 e. The SMILES string of the molecule is CCn1c(CC(O)(c2ccccc2)c2ccccc2)n[nH]c1=S. The Morgan fingerprint density at radius 3 is 2.04 bits per heavy atom.